The van der Waals surface area contributed by atoms with Gasteiger partial charge in [0.15, 0.2) is 0 Å². The Morgan fingerprint density at radius 3 is 3.00 bits per heavy atom. The summed E-state index contributed by atoms with van der Waals surface area (Å²) in [7, 11) is 0. The molecule has 106 valence electrons. The maximum Gasteiger partial charge on any atom is 0.128 e. The SMILES string of the molecule is CCC1CN(C(CN)c2cc(C)ccc2F)CCO1. The molecule has 0 spiro atoms. The van der Waals surface area contributed by atoms with Crippen molar-refractivity contribution in [2.24, 2.45) is 5.73 Å². The summed E-state index contributed by atoms with van der Waals surface area (Å²) in [5.74, 6) is -0.166. The van der Waals surface area contributed by atoms with Crippen LogP contribution >= 0.6 is 0 Å². The van der Waals surface area contributed by atoms with E-state index in [-0.39, 0.29) is 18.0 Å². The summed E-state index contributed by atoms with van der Waals surface area (Å²) >= 11 is 0. The number of rotatable bonds is 4. The maximum atomic E-state index is 14.0. The molecule has 1 aromatic carbocycles. The highest BCUT2D eigenvalue weighted by Gasteiger charge is 2.27. The number of halogens is 1. The highest BCUT2D eigenvalue weighted by Crippen LogP contribution is 2.26. The van der Waals surface area contributed by atoms with E-state index in [9.17, 15) is 4.39 Å². The van der Waals surface area contributed by atoms with Gasteiger partial charge in [-0.25, -0.2) is 4.39 Å². The van der Waals surface area contributed by atoms with E-state index in [0.29, 0.717) is 18.7 Å². The monoisotopic (exact) mass is 266 g/mol. The number of hydrogen-bond acceptors (Lipinski definition) is 3. The Morgan fingerprint density at radius 1 is 1.53 bits per heavy atom. The van der Waals surface area contributed by atoms with Gasteiger partial charge in [-0.05, 0) is 19.4 Å². The first-order valence-electron chi connectivity index (χ1n) is 6.97. The van der Waals surface area contributed by atoms with E-state index in [1.54, 1.807) is 6.07 Å². The minimum absolute atomic E-state index is 0.0575. The Bertz CT molecular complexity index is 425. The van der Waals surface area contributed by atoms with Crippen LogP contribution in [0.25, 0.3) is 0 Å². The van der Waals surface area contributed by atoms with Crippen molar-refractivity contribution in [1.29, 1.82) is 0 Å². The van der Waals surface area contributed by atoms with E-state index in [1.807, 2.05) is 13.0 Å². The van der Waals surface area contributed by atoms with Crippen molar-refractivity contribution in [3.8, 4) is 0 Å². The maximum absolute atomic E-state index is 14.0. The number of hydrogen-bond donors (Lipinski definition) is 1. The van der Waals surface area contributed by atoms with Gasteiger partial charge in [0.1, 0.15) is 5.82 Å². The molecule has 1 heterocycles. The van der Waals surface area contributed by atoms with E-state index in [0.717, 1.165) is 25.1 Å². The van der Waals surface area contributed by atoms with Gasteiger partial charge in [-0.15, -0.1) is 0 Å². The Morgan fingerprint density at radius 2 is 2.32 bits per heavy atom. The van der Waals surface area contributed by atoms with Crippen LogP contribution in [-0.2, 0) is 4.74 Å². The molecule has 2 unspecified atom stereocenters. The van der Waals surface area contributed by atoms with E-state index >= 15 is 0 Å². The molecule has 1 aliphatic rings. The second kappa shape index (κ2) is 6.46. The Kier molecular flexibility index (Phi) is 4.91. The highest BCUT2D eigenvalue weighted by atomic mass is 19.1. The van der Waals surface area contributed by atoms with Gasteiger partial charge in [0.2, 0.25) is 0 Å². The second-order valence-corrected chi connectivity index (χ2v) is 5.17. The molecule has 0 radical (unpaired) electrons. The predicted octanol–water partition coefficient (Wildman–Crippen LogP) is 2.24. The molecular weight excluding hydrogens is 243 g/mol. The van der Waals surface area contributed by atoms with E-state index in [4.69, 9.17) is 10.5 Å². The fourth-order valence-corrected chi connectivity index (χ4v) is 2.66. The molecule has 19 heavy (non-hydrogen) atoms. The zero-order valence-electron chi connectivity index (χ0n) is 11.7. The summed E-state index contributed by atoms with van der Waals surface area (Å²) in [5, 5.41) is 0. The highest BCUT2D eigenvalue weighted by molar-refractivity contribution is 5.27. The van der Waals surface area contributed by atoms with Crippen LogP contribution in [0.4, 0.5) is 4.39 Å². The molecule has 0 aromatic heterocycles. The molecule has 1 saturated heterocycles. The molecule has 3 nitrogen and oxygen atoms in total. The summed E-state index contributed by atoms with van der Waals surface area (Å²) in [6.45, 7) is 6.85. The standard InChI is InChI=1S/C15H23FN2O/c1-3-12-10-18(6-7-19-12)15(9-17)13-8-11(2)4-5-14(13)16/h4-5,8,12,15H,3,6-7,9-10,17H2,1-2H3. The van der Waals surface area contributed by atoms with Crippen LogP contribution in [0.1, 0.15) is 30.5 Å². The summed E-state index contributed by atoms with van der Waals surface area (Å²) in [6, 6.07) is 5.17. The van der Waals surface area contributed by atoms with Gasteiger partial charge in [-0.3, -0.25) is 4.90 Å². The first-order valence-corrected chi connectivity index (χ1v) is 6.97. The quantitative estimate of drug-likeness (QED) is 0.908. The largest absolute Gasteiger partial charge is 0.376 e. The van der Waals surface area contributed by atoms with Crippen LogP contribution < -0.4 is 5.73 Å². The summed E-state index contributed by atoms with van der Waals surface area (Å²) in [6.07, 6.45) is 1.21. The van der Waals surface area contributed by atoms with Crippen LogP contribution in [-0.4, -0.2) is 37.2 Å². The summed E-state index contributed by atoms with van der Waals surface area (Å²) < 4.78 is 19.7. The molecule has 0 amide bonds. The van der Waals surface area contributed by atoms with E-state index in [2.05, 4.69) is 11.8 Å². The van der Waals surface area contributed by atoms with Crippen molar-refractivity contribution < 1.29 is 9.13 Å². The fourth-order valence-electron chi connectivity index (χ4n) is 2.66. The number of ether oxygens (including phenoxy) is 1. The van der Waals surface area contributed by atoms with Crippen LogP contribution in [0.5, 0.6) is 0 Å². The molecule has 0 aliphatic carbocycles. The number of aryl methyl sites for hydroxylation is 1. The second-order valence-electron chi connectivity index (χ2n) is 5.17. The van der Waals surface area contributed by atoms with Gasteiger partial charge < -0.3 is 10.5 Å². The summed E-state index contributed by atoms with van der Waals surface area (Å²) in [5.41, 5.74) is 7.66. The molecule has 1 aromatic rings. The molecule has 0 bridgehead atoms. The zero-order valence-corrected chi connectivity index (χ0v) is 11.7. The van der Waals surface area contributed by atoms with Gasteiger partial charge in [-0.1, -0.05) is 24.6 Å². The lowest BCUT2D eigenvalue weighted by Gasteiger charge is -2.38. The third kappa shape index (κ3) is 3.32. The normalized spacial score (nSPS) is 22.4. The van der Waals surface area contributed by atoms with Crippen LogP contribution in [0, 0.1) is 12.7 Å². The lowest BCUT2D eigenvalue weighted by Crippen LogP contribution is -2.46. The molecule has 4 heteroatoms. The zero-order chi connectivity index (χ0) is 13.8. The van der Waals surface area contributed by atoms with Gasteiger partial charge in [0, 0.05) is 25.2 Å². The average Bonchev–Trinajstić information content (AvgIpc) is 2.44. The molecule has 2 atom stereocenters. The van der Waals surface area contributed by atoms with E-state index < -0.39 is 0 Å². The number of morpholine rings is 1. The van der Waals surface area contributed by atoms with Gasteiger partial charge in [0.25, 0.3) is 0 Å². The Balaban J connectivity index is 2.21. The minimum Gasteiger partial charge on any atom is -0.376 e. The van der Waals surface area contributed by atoms with Gasteiger partial charge in [0.05, 0.1) is 18.8 Å². The Labute approximate surface area is 114 Å². The fraction of sp³-hybridized carbons (Fsp3) is 0.600. The van der Waals surface area contributed by atoms with Crippen LogP contribution in [0.2, 0.25) is 0 Å². The minimum atomic E-state index is -0.166. The van der Waals surface area contributed by atoms with Crippen molar-refractivity contribution in [3.05, 3.63) is 35.1 Å². The molecule has 1 fully saturated rings. The summed E-state index contributed by atoms with van der Waals surface area (Å²) in [4.78, 5) is 2.25. The number of nitrogens with two attached hydrogens (primary N) is 1. The van der Waals surface area contributed by atoms with Crippen molar-refractivity contribution in [3.63, 3.8) is 0 Å². The molecule has 2 rings (SSSR count). The smallest absolute Gasteiger partial charge is 0.128 e. The van der Waals surface area contributed by atoms with Crippen molar-refractivity contribution in [2.45, 2.75) is 32.4 Å². The van der Waals surface area contributed by atoms with Crippen molar-refractivity contribution in [2.75, 3.05) is 26.2 Å². The molecule has 2 N–H and O–H groups in total. The van der Waals surface area contributed by atoms with Gasteiger partial charge in [-0.2, -0.15) is 0 Å². The Hall–Kier alpha value is -0.970. The molecular formula is C15H23FN2O. The first kappa shape index (κ1) is 14.4. The molecule has 0 saturated carbocycles. The predicted molar refractivity (Wildman–Crippen MR) is 74.5 cm³/mol. The third-order valence-corrected chi connectivity index (χ3v) is 3.80. The van der Waals surface area contributed by atoms with Crippen molar-refractivity contribution >= 4 is 0 Å². The lowest BCUT2D eigenvalue weighted by molar-refractivity contribution is -0.0441. The third-order valence-electron chi connectivity index (χ3n) is 3.80. The number of benzene rings is 1. The topological polar surface area (TPSA) is 38.5 Å². The first-order chi connectivity index (χ1) is 9.15. The van der Waals surface area contributed by atoms with Crippen LogP contribution in [0.15, 0.2) is 18.2 Å². The van der Waals surface area contributed by atoms with Gasteiger partial charge >= 0.3 is 0 Å². The van der Waals surface area contributed by atoms with E-state index in [1.165, 1.54) is 6.07 Å². The molecule has 1 aliphatic heterocycles. The number of nitrogens with zero attached hydrogens (tertiary/aromatic N) is 1. The average molecular weight is 266 g/mol. The lowest BCUT2D eigenvalue weighted by atomic mass is 10.0. The van der Waals surface area contributed by atoms with Crippen molar-refractivity contribution in [1.82, 2.24) is 4.90 Å². The van der Waals surface area contributed by atoms with Crippen LogP contribution in [0.3, 0.4) is 0 Å².